The Hall–Kier alpha value is -2.04. The number of rotatable bonds is 6. The van der Waals surface area contributed by atoms with Crippen LogP contribution in [-0.4, -0.2) is 41.1 Å². The van der Waals surface area contributed by atoms with Gasteiger partial charge in [-0.1, -0.05) is 12.1 Å². The lowest BCUT2D eigenvalue weighted by Crippen LogP contribution is -2.39. The van der Waals surface area contributed by atoms with Crippen LogP contribution >= 0.6 is 0 Å². The van der Waals surface area contributed by atoms with Crippen molar-refractivity contribution in [2.45, 2.75) is 32.2 Å². The second-order valence-electron chi connectivity index (χ2n) is 4.90. The Morgan fingerprint density at radius 2 is 2.15 bits per heavy atom. The molecule has 5 nitrogen and oxygen atoms in total. The van der Waals surface area contributed by atoms with Gasteiger partial charge in [-0.2, -0.15) is 0 Å². The van der Waals surface area contributed by atoms with Crippen molar-refractivity contribution in [2.24, 2.45) is 0 Å². The zero-order valence-electron chi connectivity index (χ0n) is 11.5. The lowest BCUT2D eigenvalue weighted by Gasteiger charge is -2.21. The predicted molar refractivity (Wildman–Crippen MR) is 73.2 cm³/mol. The van der Waals surface area contributed by atoms with Crippen molar-refractivity contribution in [1.82, 2.24) is 4.90 Å². The highest BCUT2D eigenvalue weighted by molar-refractivity contribution is 5.84. The molecule has 0 heterocycles. The minimum atomic E-state index is -0.372. The zero-order chi connectivity index (χ0) is 14.5. The normalized spacial score (nSPS) is 13.8. The number of carbonyl (C=O) groups excluding carboxylic acids is 2. The van der Waals surface area contributed by atoms with Crippen molar-refractivity contribution in [1.29, 1.82) is 0 Å². The summed E-state index contributed by atoms with van der Waals surface area (Å²) in [5.41, 5.74) is 0.740. The fraction of sp³-hybridized carbons (Fsp3) is 0.467. The van der Waals surface area contributed by atoms with Crippen molar-refractivity contribution in [3.05, 3.63) is 29.8 Å². The van der Waals surface area contributed by atoms with Gasteiger partial charge in [0.2, 0.25) is 5.91 Å². The van der Waals surface area contributed by atoms with Crippen molar-refractivity contribution in [2.75, 3.05) is 13.2 Å². The first-order valence-corrected chi connectivity index (χ1v) is 6.83. The van der Waals surface area contributed by atoms with Gasteiger partial charge in [-0.25, -0.2) is 0 Å². The Labute approximate surface area is 118 Å². The molecule has 1 amide bonds. The highest BCUT2D eigenvalue weighted by Gasteiger charge is 2.33. The summed E-state index contributed by atoms with van der Waals surface area (Å²) < 4.78 is 4.90. The Kier molecular flexibility index (Phi) is 4.61. The van der Waals surface area contributed by atoms with Crippen LogP contribution < -0.4 is 0 Å². The molecule has 1 saturated carbocycles. The minimum Gasteiger partial charge on any atom is -0.508 e. The number of nitrogens with zero attached hydrogens (tertiary/aromatic N) is 1. The first kappa shape index (κ1) is 14.4. The van der Waals surface area contributed by atoms with Crippen LogP contribution in [0.1, 0.15) is 25.3 Å². The van der Waals surface area contributed by atoms with Gasteiger partial charge in [0.15, 0.2) is 0 Å². The van der Waals surface area contributed by atoms with Crippen LogP contribution in [0.3, 0.4) is 0 Å². The molecule has 0 bridgehead atoms. The number of carbonyl (C=O) groups is 2. The number of hydrogen-bond donors (Lipinski definition) is 1. The maximum atomic E-state index is 12.3. The molecule has 0 radical (unpaired) electrons. The van der Waals surface area contributed by atoms with E-state index >= 15 is 0 Å². The number of phenolic OH excluding ortho intramolecular Hbond substituents is 1. The van der Waals surface area contributed by atoms with Gasteiger partial charge in [0.1, 0.15) is 12.3 Å². The molecule has 0 atom stereocenters. The largest absolute Gasteiger partial charge is 0.508 e. The average Bonchev–Trinajstić information content (AvgIpc) is 3.20. The molecule has 2 rings (SSSR count). The number of amides is 1. The van der Waals surface area contributed by atoms with Crippen LogP contribution in [0.2, 0.25) is 0 Å². The molecule has 20 heavy (non-hydrogen) atoms. The Bertz CT molecular complexity index is 496. The lowest BCUT2D eigenvalue weighted by atomic mass is 10.1. The van der Waals surface area contributed by atoms with E-state index in [2.05, 4.69) is 0 Å². The Morgan fingerprint density at radius 3 is 2.75 bits per heavy atom. The molecule has 1 aliphatic rings. The molecule has 1 N–H and O–H groups in total. The van der Waals surface area contributed by atoms with Crippen LogP contribution in [0, 0.1) is 0 Å². The number of esters is 1. The molecule has 108 valence electrons. The van der Waals surface area contributed by atoms with Crippen LogP contribution in [-0.2, 0) is 20.7 Å². The molecule has 1 aromatic carbocycles. The topological polar surface area (TPSA) is 66.8 Å². The second kappa shape index (κ2) is 6.41. The third kappa shape index (κ3) is 3.98. The van der Waals surface area contributed by atoms with Crippen LogP contribution in [0.5, 0.6) is 5.75 Å². The standard InChI is InChI=1S/C15H19NO4/c1-2-20-15(19)10-16(12-6-7-12)14(18)9-11-4-3-5-13(17)8-11/h3-5,8,12,17H,2,6-7,9-10H2,1H3. The van der Waals surface area contributed by atoms with E-state index in [-0.39, 0.29) is 36.6 Å². The number of phenols is 1. The van der Waals surface area contributed by atoms with Crippen molar-refractivity contribution in [3.63, 3.8) is 0 Å². The molecule has 0 aliphatic heterocycles. The maximum absolute atomic E-state index is 12.3. The smallest absolute Gasteiger partial charge is 0.325 e. The number of aromatic hydroxyl groups is 1. The van der Waals surface area contributed by atoms with E-state index < -0.39 is 0 Å². The van der Waals surface area contributed by atoms with Gasteiger partial charge in [0.05, 0.1) is 13.0 Å². The number of benzene rings is 1. The summed E-state index contributed by atoms with van der Waals surface area (Å²) in [6, 6.07) is 6.76. The first-order chi connectivity index (χ1) is 9.60. The van der Waals surface area contributed by atoms with Gasteiger partial charge >= 0.3 is 5.97 Å². The van der Waals surface area contributed by atoms with E-state index in [4.69, 9.17) is 4.74 Å². The summed E-state index contributed by atoms with van der Waals surface area (Å²) >= 11 is 0. The Morgan fingerprint density at radius 1 is 1.40 bits per heavy atom. The van der Waals surface area contributed by atoms with Gasteiger partial charge in [-0.3, -0.25) is 9.59 Å². The van der Waals surface area contributed by atoms with E-state index in [0.717, 1.165) is 18.4 Å². The van der Waals surface area contributed by atoms with Gasteiger partial charge < -0.3 is 14.7 Å². The van der Waals surface area contributed by atoms with E-state index in [1.165, 1.54) is 0 Å². The Balaban J connectivity index is 1.98. The van der Waals surface area contributed by atoms with E-state index in [1.807, 2.05) is 0 Å². The monoisotopic (exact) mass is 277 g/mol. The van der Waals surface area contributed by atoms with Crippen molar-refractivity contribution in [3.8, 4) is 5.75 Å². The lowest BCUT2D eigenvalue weighted by molar-refractivity contribution is -0.149. The van der Waals surface area contributed by atoms with Crippen LogP contribution in [0.25, 0.3) is 0 Å². The van der Waals surface area contributed by atoms with Gasteiger partial charge in [-0.05, 0) is 37.5 Å². The third-order valence-corrected chi connectivity index (χ3v) is 3.18. The van der Waals surface area contributed by atoms with E-state index in [0.29, 0.717) is 6.61 Å². The fourth-order valence-electron chi connectivity index (χ4n) is 2.10. The van der Waals surface area contributed by atoms with Gasteiger partial charge in [-0.15, -0.1) is 0 Å². The van der Waals surface area contributed by atoms with Crippen molar-refractivity contribution >= 4 is 11.9 Å². The maximum Gasteiger partial charge on any atom is 0.325 e. The summed E-state index contributed by atoms with van der Waals surface area (Å²) in [7, 11) is 0. The van der Waals surface area contributed by atoms with Gasteiger partial charge in [0, 0.05) is 6.04 Å². The summed E-state index contributed by atoms with van der Waals surface area (Å²) in [5, 5.41) is 9.40. The fourth-order valence-corrected chi connectivity index (χ4v) is 2.10. The molecule has 0 saturated heterocycles. The zero-order valence-corrected chi connectivity index (χ0v) is 11.5. The molecule has 5 heteroatoms. The minimum absolute atomic E-state index is 0.0101. The second-order valence-corrected chi connectivity index (χ2v) is 4.90. The summed E-state index contributed by atoms with van der Waals surface area (Å²) in [6.07, 6.45) is 2.06. The quantitative estimate of drug-likeness (QED) is 0.800. The molecule has 0 aromatic heterocycles. The van der Waals surface area contributed by atoms with Crippen LogP contribution in [0.15, 0.2) is 24.3 Å². The average molecular weight is 277 g/mol. The van der Waals surface area contributed by atoms with E-state index in [1.54, 1.807) is 36.1 Å². The molecular formula is C15H19NO4. The van der Waals surface area contributed by atoms with Crippen LogP contribution in [0.4, 0.5) is 0 Å². The molecular weight excluding hydrogens is 258 g/mol. The van der Waals surface area contributed by atoms with Gasteiger partial charge in [0.25, 0.3) is 0 Å². The first-order valence-electron chi connectivity index (χ1n) is 6.83. The number of ether oxygens (including phenoxy) is 1. The summed E-state index contributed by atoms with van der Waals surface area (Å²) in [5.74, 6) is -0.339. The number of hydrogen-bond acceptors (Lipinski definition) is 4. The third-order valence-electron chi connectivity index (χ3n) is 3.18. The van der Waals surface area contributed by atoms with Crippen molar-refractivity contribution < 1.29 is 19.4 Å². The SMILES string of the molecule is CCOC(=O)CN(C(=O)Cc1cccc(O)c1)C1CC1. The summed E-state index contributed by atoms with van der Waals surface area (Å²) in [6.45, 7) is 2.07. The molecule has 1 aromatic rings. The molecule has 0 spiro atoms. The highest BCUT2D eigenvalue weighted by atomic mass is 16.5. The van der Waals surface area contributed by atoms with E-state index in [9.17, 15) is 14.7 Å². The predicted octanol–water partition coefficient (Wildman–Crippen LogP) is 1.49. The molecule has 1 fully saturated rings. The molecule has 0 unspecified atom stereocenters. The highest BCUT2D eigenvalue weighted by Crippen LogP contribution is 2.27. The molecule has 1 aliphatic carbocycles. The summed E-state index contributed by atoms with van der Waals surface area (Å²) in [4.78, 5) is 25.4.